The molecule has 3 rings (SSSR count). The minimum absolute atomic E-state index is 0.856. The van der Waals surface area contributed by atoms with Crippen molar-refractivity contribution in [2.75, 3.05) is 6.54 Å². The van der Waals surface area contributed by atoms with Crippen LogP contribution in [-0.2, 0) is 6.42 Å². The van der Waals surface area contributed by atoms with Crippen LogP contribution in [0.4, 0.5) is 0 Å². The predicted molar refractivity (Wildman–Crippen MR) is 85.9 cm³/mol. The fourth-order valence-corrected chi connectivity index (χ4v) is 3.83. The lowest BCUT2D eigenvalue weighted by atomic mass is 9.72. The Morgan fingerprint density at radius 3 is 2.70 bits per heavy atom. The monoisotopic (exact) mass is 271 g/mol. The number of hydrogen-bond acceptors (Lipinski definition) is 1. The first-order chi connectivity index (χ1) is 9.70. The third-order valence-electron chi connectivity index (χ3n) is 5.23. The fourth-order valence-electron chi connectivity index (χ4n) is 3.83. The Bertz CT molecular complexity index is 435. The highest BCUT2D eigenvalue weighted by molar-refractivity contribution is 5.22. The molecule has 1 N–H and O–H groups in total. The zero-order valence-corrected chi connectivity index (χ0v) is 13.1. The van der Waals surface area contributed by atoms with E-state index in [1.807, 2.05) is 0 Å². The van der Waals surface area contributed by atoms with E-state index in [1.165, 1.54) is 50.6 Å². The Balaban J connectivity index is 1.62. The lowest BCUT2D eigenvalue weighted by molar-refractivity contribution is 0.183. The van der Waals surface area contributed by atoms with Gasteiger partial charge < -0.3 is 5.32 Å². The van der Waals surface area contributed by atoms with Gasteiger partial charge in [-0.2, -0.15) is 0 Å². The van der Waals surface area contributed by atoms with Gasteiger partial charge in [0.1, 0.15) is 0 Å². The molecule has 0 saturated heterocycles. The molecule has 20 heavy (non-hydrogen) atoms. The molecular formula is C19H29N. The van der Waals surface area contributed by atoms with Gasteiger partial charge in [0.2, 0.25) is 0 Å². The molecule has 0 amide bonds. The topological polar surface area (TPSA) is 12.0 Å². The number of nitrogens with one attached hydrogen (secondary N) is 1. The highest BCUT2D eigenvalue weighted by atomic mass is 14.9. The molecule has 2 fully saturated rings. The van der Waals surface area contributed by atoms with E-state index >= 15 is 0 Å². The molecule has 1 heteroatoms. The van der Waals surface area contributed by atoms with Crippen molar-refractivity contribution in [1.29, 1.82) is 0 Å². The first-order valence-corrected chi connectivity index (χ1v) is 8.49. The van der Waals surface area contributed by atoms with Crippen LogP contribution in [-0.4, -0.2) is 12.6 Å². The lowest BCUT2D eigenvalue weighted by Gasteiger charge is -2.35. The second-order valence-electron chi connectivity index (χ2n) is 7.31. The van der Waals surface area contributed by atoms with Crippen molar-refractivity contribution in [3.8, 4) is 0 Å². The van der Waals surface area contributed by atoms with E-state index in [0.717, 1.165) is 23.8 Å². The van der Waals surface area contributed by atoms with E-state index in [9.17, 15) is 0 Å². The summed E-state index contributed by atoms with van der Waals surface area (Å²) in [5.74, 6) is 2.70. The summed E-state index contributed by atoms with van der Waals surface area (Å²) in [5, 5.41) is 3.77. The van der Waals surface area contributed by atoms with Gasteiger partial charge >= 0.3 is 0 Å². The third-order valence-corrected chi connectivity index (χ3v) is 5.23. The van der Waals surface area contributed by atoms with Crippen LogP contribution in [0.3, 0.4) is 0 Å². The van der Waals surface area contributed by atoms with Crippen LogP contribution in [0.2, 0.25) is 0 Å². The van der Waals surface area contributed by atoms with E-state index in [1.54, 1.807) is 5.56 Å². The molecular weight excluding hydrogens is 242 g/mol. The summed E-state index contributed by atoms with van der Waals surface area (Å²) in [5.41, 5.74) is 2.94. The molecule has 2 aliphatic rings. The maximum atomic E-state index is 3.77. The third kappa shape index (κ3) is 3.85. The maximum Gasteiger partial charge on any atom is 0.00683 e. The van der Waals surface area contributed by atoms with Crippen molar-refractivity contribution in [2.24, 2.45) is 17.8 Å². The second kappa shape index (κ2) is 6.30. The van der Waals surface area contributed by atoms with Gasteiger partial charge in [0, 0.05) is 6.04 Å². The van der Waals surface area contributed by atoms with E-state index in [4.69, 9.17) is 0 Å². The van der Waals surface area contributed by atoms with Gasteiger partial charge in [-0.1, -0.05) is 43.2 Å². The Morgan fingerprint density at radius 1 is 1.10 bits per heavy atom. The van der Waals surface area contributed by atoms with Crippen molar-refractivity contribution in [2.45, 2.75) is 58.4 Å². The highest BCUT2D eigenvalue weighted by Gasteiger charge is 2.30. The summed E-state index contributed by atoms with van der Waals surface area (Å²) >= 11 is 0. The molecule has 3 atom stereocenters. The van der Waals surface area contributed by atoms with Gasteiger partial charge in [-0.05, 0) is 68.9 Å². The SMILES string of the molecule is Cc1cccc(CC2CC(C)CCC2CNC2CC2)c1. The Morgan fingerprint density at radius 2 is 1.95 bits per heavy atom. The van der Waals surface area contributed by atoms with Crippen LogP contribution in [0.5, 0.6) is 0 Å². The largest absolute Gasteiger partial charge is 0.314 e. The van der Waals surface area contributed by atoms with Crippen LogP contribution in [0.1, 0.15) is 50.2 Å². The normalized spacial score (nSPS) is 30.4. The molecule has 110 valence electrons. The molecule has 1 aromatic rings. The van der Waals surface area contributed by atoms with Crippen molar-refractivity contribution in [1.82, 2.24) is 5.32 Å². The lowest BCUT2D eigenvalue weighted by Crippen LogP contribution is -2.34. The smallest absolute Gasteiger partial charge is 0.00683 e. The summed E-state index contributed by atoms with van der Waals surface area (Å²) < 4.78 is 0. The highest BCUT2D eigenvalue weighted by Crippen LogP contribution is 2.36. The van der Waals surface area contributed by atoms with Crippen LogP contribution in [0.15, 0.2) is 24.3 Å². The maximum absolute atomic E-state index is 3.77. The van der Waals surface area contributed by atoms with Crippen molar-refractivity contribution < 1.29 is 0 Å². The molecule has 0 heterocycles. The average Bonchev–Trinajstić information content (AvgIpc) is 3.22. The first-order valence-electron chi connectivity index (χ1n) is 8.49. The van der Waals surface area contributed by atoms with E-state index in [2.05, 4.69) is 43.4 Å². The Kier molecular flexibility index (Phi) is 4.45. The minimum atomic E-state index is 0.856. The van der Waals surface area contributed by atoms with Gasteiger partial charge in [-0.25, -0.2) is 0 Å². The summed E-state index contributed by atoms with van der Waals surface area (Å²) in [6, 6.07) is 9.98. The van der Waals surface area contributed by atoms with E-state index in [-0.39, 0.29) is 0 Å². The van der Waals surface area contributed by atoms with Crippen LogP contribution >= 0.6 is 0 Å². The Hall–Kier alpha value is -0.820. The van der Waals surface area contributed by atoms with Crippen molar-refractivity contribution >= 4 is 0 Å². The first kappa shape index (κ1) is 14.1. The van der Waals surface area contributed by atoms with Crippen LogP contribution < -0.4 is 5.32 Å². The predicted octanol–water partition coefficient (Wildman–Crippen LogP) is 4.34. The Labute approximate surface area is 124 Å². The molecule has 0 aliphatic heterocycles. The number of hydrogen-bond donors (Lipinski definition) is 1. The molecule has 1 aromatic carbocycles. The summed E-state index contributed by atoms with van der Waals surface area (Å²) in [6.45, 7) is 5.90. The number of benzene rings is 1. The molecule has 2 saturated carbocycles. The second-order valence-corrected chi connectivity index (χ2v) is 7.31. The van der Waals surface area contributed by atoms with Crippen molar-refractivity contribution in [3.63, 3.8) is 0 Å². The molecule has 3 unspecified atom stereocenters. The quantitative estimate of drug-likeness (QED) is 0.840. The van der Waals surface area contributed by atoms with Gasteiger partial charge in [0.25, 0.3) is 0 Å². The molecule has 0 radical (unpaired) electrons. The molecule has 1 nitrogen and oxygen atoms in total. The molecule has 0 spiro atoms. The fraction of sp³-hybridized carbons (Fsp3) is 0.684. The number of aryl methyl sites for hydroxylation is 1. The average molecular weight is 271 g/mol. The standard InChI is InChI=1S/C19H29N/c1-14-4-3-5-16(10-14)12-18-11-15(2)6-7-17(18)13-20-19-8-9-19/h3-5,10,15,17-20H,6-9,11-13H2,1-2H3. The van der Waals surface area contributed by atoms with E-state index in [0.29, 0.717) is 0 Å². The van der Waals surface area contributed by atoms with E-state index < -0.39 is 0 Å². The van der Waals surface area contributed by atoms with Crippen LogP contribution in [0.25, 0.3) is 0 Å². The van der Waals surface area contributed by atoms with Crippen LogP contribution in [0, 0.1) is 24.7 Å². The molecule has 2 aliphatic carbocycles. The van der Waals surface area contributed by atoms with Gasteiger partial charge in [-0.15, -0.1) is 0 Å². The summed E-state index contributed by atoms with van der Waals surface area (Å²) in [4.78, 5) is 0. The molecule has 0 bridgehead atoms. The molecule has 0 aromatic heterocycles. The van der Waals surface area contributed by atoms with Crippen molar-refractivity contribution in [3.05, 3.63) is 35.4 Å². The minimum Gasteiger partial charge on any atom is -0.314 e. The van der Waals surface area contributed by atoms with Gasteiger partial charge in [-0.3, -0.25) is 0 Å². The zero-order chi connectivity index (χ0) is 13.9. The number of rotatable bonds is 5. The van der Waals surface area contributed by atoms with Gasteiger partial charge in [0.15, 0.2) is 0 Å². The summed E-state index contributed by atoms with van der Waals surface area (Å²) in [7, 11) is 0. The van der Waals surface area contributed by atoms with Gasteiger partial charge in [0.05, 0.1) is 0 Å². The zero-order valence-electron chi connectivity index (χ0n) is 13.1. The summed E-state index contributed by atoms with van der Waals surface area (Å²) in [6.07, 6.45) is 8.38.